The predicted octanol–water partition coefficient (Wildman–Crippen LogP) is 0.291. The molecule has 0 aromatic carbocycles. The van der Waals surface area contributed by atoms with Crippen molar-refractivity contribution >= 4 is 23.0 Å². The maximum absolute atomic E-state index is 11.9. The Balaban J connectivity index is 0.000000293. The van der Waals surface area contributed by atoms with Crippen molar-refractivity contribution in [2.75, 3.05) is 0 Å². The molecule has 4 aromatic rings. The van der Waals surface area contributed by atoms with E-state index in [9.17, 15) is 39.8 Å². The van der Waals surface area contributed by atoms with E-state index in [4.69, 9.17) is 0 Å². The van der Waals surface area contributed by atoms with E-state index in [-0.39, 0.29) is 28.1 Å². The standard InChI is InChI=1S/2C12H13N5O4.Ni/c2*1-7-5-4-6-8(17(7)21)13-14-9-10(18)15(2)12(20)16(3)11(9)19;/h2*4-6,18H,1-3H3;. The summed E-state index contributed by atoms with van der Waals surface area (Å²) in [7, 11) is 5.08. The van der Waals surface area contributed by atoms with Crippen molar-refractivity contribution < 1.29 is 36.2 Å². The summed E-state index contributed by atoms with van der Waals surface area (Å²) < 4.78 is 4.36. The fourth-order valence-electron chi connectivity index (χ4n) is 3.34. The number of rotatable bonds is 4. The summed E-state index contributed by atoms with van der Waals surface area (Å²) in [6.45, 7) is 3.18. The van der Waals surface area contributed by atoms with Crippen molar-refractivity contribution in [3.05, 3.63) is 99.9 Å². The Morgan fingerprint density at radius 2 is 0.930 bits per heavy atom. The Kier molecular flexibility index (Phi) is 10.6. The van der Waals surface area contributed by atoms with Gasteiger partial charge in [0, 0.05) is 56.8 Å². The summed E-state index contributed by atoms with van der Waals surface area (Å²) in [5.41, 5.74) is -3.00. The largest absolute Gasteiger partial charge is 0.710 e. The maximum Gasteiger partial charge on any atom is 0.353 e. The SMILES string of the molecule is Cc1cccc(N=Nc2c(O)n(C)c(=O)n(C)c2=O)[n+]1[O-].Cc1cccc(N=Nc2c(O)n(C)c(=O)n(C)c2=O)[n+]1[O-].[Ni]. The number of aromatic hydroxyl groups is 2. The maximum atomic E-state index is 11.9. The van der Waals surface area contributed by atoms with E-state index in [0.29, 0.717) is 20.8 Å². The third-order valence-corrected chi connectivity index (χ3v) is 5.95. The summed E-state index contributed by atoms with van der Waals surface area (Å²) in [4.78, 5) is 46.9. The van der Waals surface area contributed by atoms with Crippen LogP contribution >= 0.6 is 0 Å². The zero-order valence-electron chi connectivity index (χ0n) is 23.6. The first kappa shape index (κ1) is 33.8. The minimum Gasteiger partial charge on any atom is -0.710 e. The van der Waals surface area contributed by atoms with E-state index in [1.54, 1.807) is 38.1 Å². The van der Waals surface area contributed by atoms with E-state index in [1.807, 2.05) is 0 Å². The molecule has 0 spiro atoms. The van der Waals surface area contributed by atoms with Crippen LogP contribution in [0.3, 0.4) is 0 Å². The second-order valence-corrected chi connectivity index (χ2v) is 8.80. The minimum atomic E-state index is -0.801. The van der Waals surface area contributed by atoms with Crippen LogP contribution in [0, 0.1) is 24.3 Å². The molecule has 19 heteroatoms. The average molecular weight is 641 g/mol. The second kappa shape index (κ2) is 13.5. The molecule has 0 aliphatic heterocycles. The molecule has 2 N–H and O–H groups in total. The molecular formula is C24H26N10NiO8. The van der Waals surface area contributed by atoms with Gasteiger partial charge in [0.15, 0.2) is 0 Å². The number of aromatic nitrogens is 6. The van der Waals surface area contributed by atoms with Gasteiger partial charge in [-0.3, -0.25) is 27.9 Å². The van der Waals surface area contributed by atoms with Gasteiger partial charge in [0.1, 0.15) is 11.4 Å². The molecule has 0 aliphatic carbocycles. The molecule has 4 heterocycles. The third kappa shape index (κ3) is 6.73. The molecular weight excluding hydrogens is 615 g/mol. The molecule has 0 unspecified atom stereocenters. The topological polar surface area (TPSA) is 232 Å². The van der Waals surface area contributed by atoms with Crippen LogP contribution < -0.4 is 32.0 Å². The molecule has 0 radical (unpaired) electrons. The molecule has 0 bridgehead atoms. The van der Waals surface area contributed by atoms with Crippen molar-refractivity contribution in [3.63, 3.8) is 0 Å². The fourth-order valence-corrected chi connectivity index (χ4v) is 3.34. The Hall–Kier alpha value is -5.45. The number of aryl methyl sites for hydroxylation is 2. The van der Waals surface area contributed by atoms with Gasteiger partial charge in [-0.15, -0.1) is 0 Å². The summed E-state index contributed by atoms with van der Waals surface area (Å²) in [5.74, 6) is -1.30. The van der Waals surface area contributed by atoms with Gasteiger partial charge < -0.3 is 20.6 Å². The summed E-state index contributed by atoms with van der Waals surface area (Å²) in [6, 6.07) is 9.22. The Labute approximate surface area is 251 Å². The van der Waals surface area contributed by atoms with Crippen LogP contribution in [0.5, 0.6) is 11.8 Å². The van der Waals surface area contributed by atoms with Gasteiger partial charge in [0.05, 0.1) is 10.2 Å². The van der Waals surface area contributed by atoms with Crippen LogP contribution in [0.2, 0.25) is 0 Å². The van der Waals surface area contributed by atoms with Crippen LogP contribution in [0.15, 0.2) is 76.0 Å². The van der Waals surface area contributed by atoms with Gasteiger partial charge in [-0.2, -0.15) is 0 Å². The first-order valence-electron chi connectivity index (χ1n) is 11.9. The molecule has 230 valence electrons. The number of nitrogens with zero attached hydrogens (tertiary/aromatic N) is 10. The van der Waals surface area contributed by atoms with E-state index < -0.39 is 45.6 Å². The summed E-state index contributed by atoms with van der Waals surface area (Å²) in [6.07, 6.45) is 0. The normalized spacial score (nSPS) is 10.9. The van der Waals surface area contributed by atoms with Crippen molar-refractivity contribution in [1.29, 1.82) is 0 Å². The molecule has 43 heavy (non-hydrogen) atoms. The Morgan fingerprint density at radius 1 is 0.605 bits per heavy atom. The fraction of sp³-hybridized carbons (Fsp3) is 0.250. The van der Waals surface area contributed by atoms with Crippen molar-refractivity contribution in [1.82, 2.24) is 18.3 Å². The Morgan fingerprint density at radius 3 is 1.26 bits per heavy atom. The molecule has 18 nitrogen and oxygen atoms in total. The summed E-state index contributed by atoms with van der Waals surface area (Å²) >= 11 is 0. The van der Waals surface area contributed by atoms with E-state index in [1.165, 1.54) is 40.3 Å². The van der Waals surface area contributed by atoms with Crippen molar-refractivity contribution in [2.24, 2.45) is 48.6 Å². The zero-order valence-corrected chi connectivity index (χ0v) is 24.6. The van der Waals surface area contributed by atoms with Gasteiger partial charge in [0.25, 0.3) is 11.1 Å². The van der Waals surface area contributed by atoms with Crippen LogP contribution in [0.1, 0.15) is 11.4 Å². The van der Waals surface area contributed by atoms with Crippen LogP contribution in [0.25, 0.3) is 0 Å². The van der Waals surface area contributed by atoms with E-state index in [2.05, 4.69) is 20.5 Å². The minimum absolute atomic E-state index is 0. The number of hydrogen-bond donors (Lipinski definition) is 2. The first-order chi connectivity index (χ1) is 19.7. The molecule has 0 saturated carbocycles. The van der Waals surface area contributed by atoms with Gasteiger partial charge >= 0.3 is 23.0 Å². The monoisotopic (exact) mass is 640 g/mol. The predicted molar refractivity (Wildman–Crippen MR) is 146 cm³/mol. The van der Waals surface area contributed by atoms with Crippen LogP contribution in [-0.2, 0) is 44.7 Å². The van der Waals surface area contributed by atoms with Gasteiger partial charge in [-0.05, 0) is 48.3 Å². The molecule has 0 aliphatic rings. The number of hydrogen-bond acceptors (Lipinski definition) is 12. The Bertz CT molecular complexity index is 1850. The first-order valence-corrected chi connectivity index (χ1v) is 11.9. The van der Waals surface area contributed by atoms with Gasteiger partial charge in [-0.25, -0.2) is 19.0 Å². The van der Waals surface area contributed by atoms with Crippen LogP contribution in [0.4, 0.5) is 23.0 Å². The van der Waals surface area contributed by atoms with Gasteiger partial charge in [0.2, 0.25) is 23.1 Å². The molecule has 0 amide bonds. The summed E-state index contributed by atoms with van der Waals surface area (Å²) in [5, 5.41) is 57.5. The smallest absolute Gasteiger partial charge is 0.353 e. The van der Waals surface area contributed by atoms with Crippen LogP contribution in [-0.4, -0.2) is 28.5 Å². The quantitative estimate of drug-likeness (QED) is 0.136. The number of azo groups is 2. The molecule has 0 atom stereocenters. The number of pyridine rings is 2. The molecule has 4 aromatic heterocycles. The zero-order chi connectivity index (χ0) is 31.5. The average Bonchev–Trinajstić information content (AvgIpc) is 2.97. The van der Waals surface area contributed by atoms with E-state index >= 15 is 0 Å². The second-order valence-electron chi connectivity index (χ2n) is 8.80. The van der Waals surface area contributed by atoms with Crippen molar-refractivity contribution in [2.45, 2.75) is 13.8 Å². The molecule has 0 saturated heterocycles. The van der Waals surface area contributed by atoms with Gasteiger partial charge in [-0.1, -0.05) is 0 Å². The molecule has 0 fully saturated rings. The third-order valence-electron chi connectivity index (χ3n) is 5.95. The molecule has 4 rings (SSSR count). The van der Waals surface area contributed by atoms with E-state index in [0.717, 1.165) is 18.3 Å². The van der Waals surface area contributed by atoms with Crippen molar-refractivity contribution in [3.8, 4) is 11.8 Å².